The van der Waals surface area contributed by atoms with Crippen molar-refractivity contribution in [1.82, 2.24) is 9.80 Å². The van der Waals surface area contributed by atoms with Crippen molar-refractivity contribution in [3.05, 3.63) is 29.6 Å². The number of benzene rings is 1. The van der Waals surface area contributed by atoms with Gasteiger partial charge in [0.2, 0.25) is 0 Å². The van der Waals surface area contributed by atoms with Crippen molar-refractivity contribution in [2.45, 2.75) is 66.1 Å². The minimum atomic E-state index is -4.82. The molecule has 1 atom stereocenters. The molecule has 1 N–H and O–H groups in total. The van der Waals surface area contributed by atoms with E-state index in [4.69, 9.17) is 0 Å². The molecule has 0 fully saturated rings. The summed E-state index contributed by atoms with van der Waals surface area (Å²) in [6.07, 6.45) is -2.15. The summed E-state index contributed by atoms with van der Waals surface area (Å²) in [4.78, 5) is 17.0. The molecule has 0 radical (unpaired) electrons. The normalized spacial score (nSPS) is 13.0. The van der Waals surface area contributed by atoms with Gasteiger partial charge in [0.25, 0.3) is 0 Å². The molecule has 0 aliphatic heterocycles. The van der Waals surface area contributed by atoms with Gasteiger partial charge in [-0.2, -0.15) is 13.2 Å². The Morgan fingerprint density at radius 1 is 1.07 bits per heavy atom. The smallest absolute Gasteiger partial charge is 0.320 e. The van der Waals surface area contributed by atoms with Gasteiger partial charge >= 0.3 is 12.2 Å². The molecule has 1 unspecified atom stereocenters. The maximum Gasteiger partial charge on any atom is 0.419 e. The van der Waals surface area contributed by atoms with Crippen molar-refractivity contribution in [3.8, 4) is 0 Å². The first kappa shape index (κ1) is 26.2. The molecule has 1 aromatic carbocycles. The number of carbonyl (C=O) groups is 1. The van der Waals surface area contributed by atoms with Crippen LogP contribution in [0, 0.1) is 11.7 Å². The van der Waals surface area contributed by atoms with Gasteiger partial charge in [-0.05, 0) is 50.0 Å². The third-order valence-electron chi connectivity index (χ3n) is 5.18. The molecule has 0 heterocycles. The van der Waals surface area contributed by atoms with Gasteiger partial charge in [0.15, 0.2) is 0 Å². The first-order valence-electron chi connectivity index (χ1n) is 10.7. The second-order valence-electron chi connectivity index (χ2n) is 7.85. The van der Waals surface area contributed by atoms with E-state index >= 15 is 0 Å². The van der Waals surface area contributed by atoms with Gasteiger partial charge in [0.1, 0.15) is 5.82 Å². The molecule has 4 nitrogen and oxygen atoms in total. The number of alkyl halides is 3. The maximum absolute atomic E-state index is 13.6. The fourth-order valence-corrected chi connectivity index (χ4v) is 3.57. The number of anilines is 1. The molecule has 0 saturated carbocycles. The van der Waals surface area contributed by atoms with E-state index in [9.17, 15) is 22.4 Å². The van der Waals surface area contributed by atoms with E-state index in [1.54, 1.807) is 4.90 Å². The Bertz CT molecular complexity index is 664. The number of nitrogens with zero attached hydrogens (tertiary/aromatic N) is 2. The van der Waals surface area contributed by atoms with Gasteiger partial charge < -0.3 is 15.1 Å². The lowest BCUT2D eigenvalue weighted by Crippen LogP contribution is -2.48. The SMILES string of the molecule is CCCC(C(C)C)N(CCN(CC)CCC)C(=O)Nc1ccc(F)c(C(F)(F)F)c1. The zero-order valence-electron chi connectivity index (χ0n) is 18.7. The van der Waals surface area contributed by atoms with Crippen LogP contribution < -0.4 is 5.32 Å². The van der Waals surface area contributed by atoms with Crippen LogP contribution in [0.2, 0.25) is 0 Å². The van der Waals surface area contributed by atoms with Crippen LogP contribution in [0.15, 0.2) is 18.2 Å². The molecule has 1 rings (SSSR count). The number of halogens is 4. The molecule has 172 valence electrons. The fourth-order valence-electron chi connectivity index (χ4n) is 3.57. The minimum absolute atomic E-state index is 0.0436. The zero-order valence-corrected chi connectivity index (χ0v) is 18.7. The summed E-state index contributed by atoms with van der Waals surface area (Å²) < 4.78 is 52.6. The molecule has 1 aromatic rings. The summed E-state index contributed by atoms with van der Waals surface area (Å²) in [5, 5.41) is 2.55. The maximum atomic E-state index is 13.6. The Morgan fingerprint density at radius 3 is 2.23 bits per heavy atom. The first-order chi connectivity index (χ1) is 14.0. The lowest BCUT2D eigenvalue weighted by molar-refractivity contribution is -0.139. The van der Waals surface area contributed by atoms with Crippen LogP contribution in [0.5, 0.6) is 0 Å². The van der Waals surface area contributed by atoms with Gasteiger partial charge in [-0.3, -0.25) is 0 Å². The van der Waals surface area contributed by atoms with E-state index in [2.05, 4.69) is 24.1 Å². The molecule has 0 bridgehead atoms. The number of nitrogens with one attached hydrogen (secondary N) is 1. The van der Waals surface area contributed by atoms with Gasteiger partial charge in [0.05, 0.1) is 5.56 Å². The highest BCUT2D eigenvalue weighted by atomic mass is 19.4. The summed E-state index contributed by atoms with van der Waals surface area (Å²) in [5.74, 6) is -1.17. The quantitative estimate of drug-likeness (QED) is 0.420. The van der Waals surface area contributed by atoms with E-state index < -0.39 is 23.6 Å². The topological polar surface area (TPSA) is 35.6 Å². The monoisotopic (exact) mass is 433 g/mol. The highest BCUT2D eigenvalue weighted by Gasteiger charge is 2.34. The average molecular weight is 434 g/mol. The van der Waals surface area contributed by atoms with Crippen LogP contribution >= 0.6 is 0 Å². The molecular formula is C22H35F4N3O. The second-order valence-corrected chi connectivity index (χ2v) is 7.85. The third-order valence-corrected chi connectivity index (χ3v) is 5.18. The van der Waals surface area contributed by atoms with Crippen molar-refractivity contribution in [3.63, 3.8) is 0 Å². The Hall–Kier alpha value is -1.83. The molecule has 0 saturated heterocycles. The summed E-state index contributed by atoms with van der Waals surface area (Å²) in [6, 6.07) is 2.02. The molecule has 0 aliphatic rings. The zero-order chi connectivity index (χ0) is 22.9. The molecule has 0 aromatic heterocycles. The molecule has 8 heteroatoms. The first-order valence-corrected chi connectivity index (χ1v) is 10.7. The van der Waals surface area contributed by atoms with Gasteiger partial charge in [-0.1, -0.05) is 41.0 Å². The van der Waals surface area contributed by atoms with Crippen LogP contribution in [0.1, 0.15) is 59.4 Å². The number of hydrogen-bond acceptors (Lipinski definition) is 2. The standard InChI is InChI=1S/C22H35F4N3O/c1-6-9-20(16(4)5)29(14-13-28(8-3)12-7-2)21(30)27-17-10-11-19(23)18(15-17)22(24,25)26/h10-11,15-16,20H,6-9,12-14H2,1-5H3,(H,27,30). The van der Waals surface area contributed by atoms with Crippen LogP contribution in [-0.2, 0) is 6.18 Å². The van der Waals surface area contributed by atoms with Gasteiger partial charge in [0, 0.05) is 24.8 Å². The number of rotatable bonds is 11. The highest BCUT2D eigenvalue weighted by Crippen LogP contribution is 2.33. The number of likely N-dealkylation sites (N-methyl/N-ethyl adjacent to an activating group) is 1. The van der Waals surface area contributed by atoms with E-state index in [0.29, 0.717) is 19.2 Å². The Kier molecular flexibility index (Phi) is 10.6. The minimum Gasteiger partial charge on any atom is -0.320 e. The molecule has 2 amide bonds. The number of urea groups is 1. The van der Waals surface area contributed by atoms with Crippen LogP contribution in [0.4, 0.5) is 28.0 Å². The second kappa shape index (κ2) is 12.1. The van der Waals surface area contributed by atoms with Crippen LogP contribution in [0.3, 0.4) is 0 Å². The van der Waals surface area contributed by atoms with E-state index in [-0.39, 0.29) is 17.6 Å². The van der Waals surface area contributed by atoms with Gasteiger partial charge in [-0.15, -0.1) is 0 Å². The lowest BCUT2D eigenvalue weighted by atomic mass is 9.98. The number of amides is 2. The Balaban J connectivity index is 3.09. The Labute approximate surface area is 177 Å². The highest BCUT2D eigenvalue weighted by molar-refractivity contribution is 5.89. The van der Waals surface area contributed by atoms with Crippen molar-refractivity contribution < 1.29 is 22.4 Å². The van der Waals surface area contributed by atoms with Crippen LogP contribution in [0.25, 0.3) is 0 Å². The van der Waals surface area contributed by atoms with E-state index in [1.165, 1.54) is 0 Å². The molecule has 30 heavy (non-hydrogen) atoms. The third kappa shape index (κ3) is 7.78. The largest absolute Gasteiger partial charge is 0.419 e. The van der Waals surface area contributed by atoms with Crippen molar-refractivity contribution in [2.24, 2.45) is 5.92 Å². The van der Waals surface area contributed by atoms with Crippen molar-refractivity contribution in [2.75, 3.05) is 31.5 Å². The molecule has 0 aliphatic carbocycles. The van der Waals surface area contributed by atoms with E-state index in [0.717, 1.165) is 44.5 Å². The van der Waals surface area contributed by atoms with Gasteiger partial charge in [-0.25, -0.2) is 9.18 Å². The predicted octanol–water partition coefficient (Wildman–Crippen LogP) is 6.24. The summed E-state index contributed by atoms with van der Waals surface area (Å²) >= 11 is 0. The van der Waals surface area contributed by atoms with Crippen LogP contribution in [-0.4, -0.2) is 48.1 Å². The van der Waals surface area contributed by atoms with Crippen molar-refractivity contribution in [1.29, 1.82) is 0 Å². The number of carbonyl (C=O) groups excluding carboxylic acids is 1. The molecule has 0 spiro atoms. The summed E-state index contributed by atoms with van der Waals surface area (Å²) in [6.45, 7) is 13.2. The number of hydrogen-bond donors (Lipinski definition) is 1. The summed E-state index contributed by atoms with van der Waals surface area (Å²) in [7, 11) is 0. The Morgan fingerprint density at radius 2 is 1.73 bits per heavy atom. The molecular weight excluding hydrogens is 398 g/mol. The average Bonchev–Trinajstić information content (AvgIpc) is 2.66. The summed E-state index contributed by atoms with van der Waals surface area (Å²) in [5.41, 5.74) is -1.46. The lowest BCUT2D eigenvalue weighted by Gasteiger charge is -2.36. The predicted molar refractivity (Wildman–Crippen MR) is 113 cm³/mol. The van der Waals surface area contributed by atoms with E-state index in [1.807, 2.05) is 20.8 Å². The fraction of sp³-hybridized carbons (Fsp3) is 0.682. The van der Waals surface area contributed by atoms with Crippen molar-refractivity contribution >= 4 is 11.7 Å².